The molecule has 0 radical (unpaired) electrons. The first-order chi connectivity index (χ1) is 32.2. The van der Waals surface area contributed by atoms with Gasteiger partial charge in [-0.3, -0.25) is 24.5 Å². The van der Waals surface area contributed by atoms with Gasteiger partial charge in [0.05, 0.1) is 37.8 Å². The van der Waals surface area contributed by atoms with E-state index in [0.29, 0.717) is 62.3 Å². The Balaban J connectivity index is 0.707. The monoisotopic (exact) mass is 897 g/mol. The number of ether oxygens (including phenoxy) is 2. The molecule has 5 aliphatic rings. The number of fused-ring (bicyclic) bond motifs is 2. The van der Waals surface area contributed by atoms with Gasteiger partial charge in [-0.15, -0.1) is 5.10 Å². The lowest BCUT2D eigenvalue weighted by molar-refractivity contribution is -0.137. The van der Waals surface area contributed by atoms with Gasteiger partial charge in [0.15, 0.2) is 5.82 Å². The summed E-state index contributed by atoms with van der Waals surface area (Å²) in [6.45, 7) is 4.42. The van der Waals surface area contributed by atoms with Crippen molar-refractivity contribution in [3.8, 4) is 28.8 Å². The lowest BCUT2D eigenvalue weighted by atomic mass is 9.91. The molecule has 3 aliphatic heterocycles. The average Bonchev–Trinajstić information content (AvgIpc) is 4.12. The predicted molar refractivity (Wildman–Crippen MR) is 248 cm³/mol. The quantitative estimate of drug-likeness (QED) is 0.0753. The molecule has 17 nitrogen and oxygen atoms in total. The Morgan fingerprint density at radius 2 is 1.80 bits per heavy atom. The van der Waals surface area contributed by atoms with E-state index in [2.05, 4.69) is 54.9 Å². The Labute approximate surface area is 385 Å². The van der Waals surface area contributed by atoms with E-state index >= 15 is 0 Å². The van der Waals surface area contributed by atoms with Gasteiger partial charge in [-0.05, 0) is 94.2 Å². The first-order valence-corrected chi connectivity index (χ1v) is 23.6. The molecule has 1 saturated heterocycles. The van der Waals surface area contributed by atoms with Crippen molar-refractivity contribution in [3.63, 3.8) is 0 Å². The van der Waals surface area contributed by atoms with Crippen molar-refractivity contribution in [1.82, 2.24) is 40.5 Å². The van der Waals surface area contributed by atoms with Crippen molar-refractivity contribution >= 4 is 46.8 Å². The summed E-state index contributed by atoms with van der Waals surface area (Å²) in [7, 11) is 3.45. The van der Waals surface area contributed by atoms with Crippen LogP contribution >= 0.6 is 0 Å². The molecule has 0 spiro atoms. The lowest BCUT2D eigenvalue weighted by Crippen LogP contribution is -2.55. The van der Waals surface area contributed by atoms with Gasteiger partial charge in [0.1, 0.15) is 29.2 Å². The van der Waals surface area contributed by atoms with Crippen LogP contribution in [0, 0.1) is 11.8 Å². The molecule has 17 heteroatoms. The Hall–Kier alpha value is -6.38. The number of carbonyl (C=O) groups excluding carboxylic acids is 4. The third kappa shape index (κ3) is 9.34. The zero-order chi connectivity index (χ0) is 45.7. The molecular weight excluding hydrogens is 839 g/mol. The molecule has 2 aromatic carbocycles. The Bertz CT molecular complexity index is 2520. The average molecular weight is 898 g/mol. The number of aromatic nitrogens is 5. The fourth-order valence-corrected chi connectivity index (χ4v) is 10.2. The summed E-state index contributed by atoms with van der Waals surface area (Å²) in [6, 6.07) is 11.5. The maximum atomic E-state index is 13.3. The largest absolute Gasteiger partial charge is 0.495 e. The third-order valence-electron chi connectivity index (χ3n) is 13.8. The van der Waals surface area contributed by atoms with Gasteiger partial charge in [-0.25, -0.2) is 9.67 Å². The highest BCUT2D eigenvalue weighted by Crippen LogP contribution is 2.41. The molecule has 2 aromatic heterocycles. The summed E-state index contributed by atoms with van der Waals surface area (Å²) in [5.74, 6) is 7.43. The number of hydrogen-bond donors (Lipinski definition) is 3. The van der Waals surface area contributed by atoms with Gasteiger partial charge >= 0.3 is 0 Å². The predicted octanol–water partition coefficient (Wildman–Crippen LogP) is 5.67. The number of benzene rings is 2. The normalized spacial score (nSPS) is 22.0. The Morgan fingerprint density at radius 1 is 0.970 bits per heavy atom. The maximum absolute atomic E-state index is 13.3. The van der Waals surface area contributed by atoms with Crippen molar-refractivity contribution in [2.24, 2.45) is 0 Å². The summed E-state index contributed by atoms with van der Waals surface area (Å²) in [5, 5.41) is 18.5. The van der Waals surface area contributed by atoms with E-state index < -0.39 is 11.9 Å². The maximum Gasteiger partial charge on any atom is 0.255 e. The number of piperidine rings is 1. The number of likely N-dealkylation sites (N-methyl/N-ethyl adjacent to an activating group) is 1. The number of methoxy groups -OCH3 is 1. The Morgan fingerprint density at radius 3 is 2.59 bits per heavy atom. The van der Waals surface area contributed by atoms with Crippen LogP contribution in [0.15, 0.2) is 48.8 Å². The number of carbonyl (C=O) groups is 4. The fraction of sp³-hybridized carbons (Fsp3) is 0.510. The molecule has 1 unspecified atom stereocenters. The van der Waals surface area contributed by atoms with Crippen LogP contribution in [-0.2, 0) is 25.7 Å². The zero-order valence-corrected chi connectivity index (χ0v) is 38.1. The molecule has 0 bridgehead atoms. The van der Waals surface area contributed by atoms with Gasteiger partial charge in [0.2, 0.25) is 23.7 Å². The van der Waals surface area contributed by atoms with Gasteiger partial charge in [-0.2, -0.15) is 4.98 Å². The molecule has 3 fully saturated rings. The highest BCUT2D eigenvalue weighted by Gasteiger charge is 2.42. The van der Waals surface area contributed by atoms with E-state index in [0.717, 1.165) is 104 Å². The fourth-order valence-electron chi connectivity index (χ4n) is 10.2. The van der Waals surface area contributed by atoms with Gasteiger partial charge in [0.25, 0.3) is 5.91 Å². The second-order valence-corrected chi connectivity index (χ2v) is 17.9. The minimum absolute atomic E-state index is 0.0888. The number of nitrogens with zero attached hydrogens (tertiary/aromatic N) is 8. The number of rotatable bonds is 15. The minimum Gasteiger partial charge on any atom is -0.495 e. The van der Waals surface area contributed by atoms with Crippen molar-refractivity contribution in [1.29, 1.82) is 0 Å². The van der Waals surface area contributed by atoms with Crippen LogP contribution in [0.25, 0.3) is 11.3 Å². The van der Waals surface area contributed by atoms with Crippen LogP contribution in [0.2, 0.25) is 0 Å². The minimum atomic E-state index is -0.646. The first kappa shape index (κ1) is 44.8. The summed E-state index contributed by atoms with van der Waals surface area (Å²) in [5.41, 5.74) is 5.31. The van der Waals surface area contributed by atoms with Crippen LogP contribution in [0.4, 0.5) is 23.1 Å². The first-order valence-electron chi connectivity index (χ1n) is 23.6. The van der Waals surface area contributed by atoms with Crippen molar-refractivity contribution in [3.05, 3.63) is 65.5 Å². The molecule has 2 atom stereocenters. The molecular formula is C49H59N11O6. The van der Waals surface area contributed by atoms with E-state index in [1.807, 2.05) is 48.3 Å². The van der Waals surface area contributed by atoms with Crippen LogP contribution < -0.4 is 30.5 Å². The van der Waals surface area contributed by atoms with E-state index in [1.54, 1.807) is 29.2 Å². The highest BCUT2D eigenvalue weighted by molar-refractivity contribution is 6.06. The van der Waals surface area contributed by atoms with Gasteiger partial charge in [0, 0.05) is 61.8 Å². The molecule has 3 N–H and O–H groups in total. The van der Waals surface area contributed by atoms with E-state index in [9.17, 15) is 19.2 Å². The number of nitrogens with one attached hydrogen (secondary N) is 3. The molecule has 2 saturated carbocycles. The molecule has 2 aliphatic carbocycles. The molecule has 66 heavy (non-hydrogen) atoms. The second kappa shape index (κ2) is 20.0. The van der Waals surface area contributed by atoms with E-state index in [1.165, 1.54) is 0 Å². The summed E-state index contributed by atoms with van der Waals surface area (Å²) < 4.78 is 13.7. The number of hydrogen-bond acceptors (Lipinski definition) is 13. The van der Waals surface area contributed by atoms with Gasteiger partial charge < -0.3 is 34.8 Å². The summed E-state index contributed by atoms with van der Waals surface area (Å²) in [6.07, 6.45) is 15.1. The second-order valence-electron chi connectivity index (χ2n) is 17.9. The standard InChI is InChI=1S/C49H59N11O6/c1-4-40-48(64)57(2)42-28-51-49(54-45(42)60(40)35-13-5-6-14-35)52-38-21-16-32(27-43(38)65-3)39-30-59(56-55-39)34-19-17-33(18-20-34)50-24-10-26-66-25-8-7-11-31-12-9-15-36-37(31)29-58(47(36)63)41-22-23-44(61)53-46(41)62/h9,12,15-16,21,27-28,30,33-35,40-41,50H,4-6,8,10,13-14,17-20,22-26,29H2,1-3H3,(H,51,52,54)(H,53,61,62)/t33-,34+,40-,41?/m1/s1. The SMILES string of the molecule is CC[C@@H]1C(=O)N(C)c2cnc(Nc3ccc(-c4cn([C@H]5CC[C@@H](NCCCOCCC#Cc6cccc7c6CN(C6CCC(=O)NC6=O)C7=O)CC5)nn4)cc3OC)nc2N1C1CCCC1. The number of anilines is 4. The van der Waals surface area contributed by atoms with E-state index in [4.69, 9.17) is 14.5 Å². The topological polar surface area (TPSA) is 189 Å². The highest BCUT2D eigenvalue weighted by atomic mass is 16.5. The molecule has 346 valence electrons. The van der Waals surface area contributed by atoms with Crippen molar-refractivity contribution in [2.75, 3.05) is 49.0 Å². The molecule has 9 rings (SSSR count). The van der Waals surface area contributed by atoms with Crippen molar-refractivity contribution < 1.29 is 28.7 Å². The van der Waals surface area contributed by atoms with Gasteiger partial charge in [-0.1, -0.05) is 49.0 Å². The molecule has 5 heterocycles. The van der Waals surface area contributed by atoms with Crippen LogP contribution in [0.1, 0.15) is 118 Å². The summed E-state index contributed by atoms with van der Waals surface area (Å²) in [4.78, 5) is 65.5. The van der Waals surface area contributed by atoms with Crippen LogP contribution in [0.5, 0.6) is 5.75 Å². The smallest absolute Gasteiger partial charge is 0.255 e. The third-order valence-corrected chi connectivity index (χ3v) is 13.8. The zero-order valence-electron chi connectivity index (χ0n) is 38.1. The molecule has 4 amide bonds. The summed E-state index contributed by atoms with van der Waals surface area (Å²) >= 11 is 0. The lowest BCUT2D eigenvalue weighted by Gasteiger charge is -2.43. The van der Waals surface area contributed by atoms with Crippen LogP contribution in [-0.4, -0.2) is 112 Å². The Kier molecular flexibility index (Phi) is 13.6. The van der Waals surface area contributed by atoms with Crippen LogP contribution in [0.3, 0.4) is 0 Å². The number of amides is 4. The number of imide groups is 1. The van der Waals surface area contributed by atoms with E-state index in [-0.39, 0.29) is 42.3 Å². The molecule has 4 aromatic rings. The van der Waals surface area contributed by atoms with Crippen molar-refractivity contribution in [2.45, 2.75) is 127 Å².